The summed E-state index contributed by atoms with van der Waals surface area (Å²) in [6.07, 6.45) is 5.27. The van der Waals surface area contributed by atoms with Gasteiger partial charge in [0.1, 0.15) is 0 Å². The average Bonchev–Trinajstić information content (AvgIpc) is 3.45. The second-order valence-electron chi connectivity index (χ2n) is 7.66. The van der Waals surface area contributed by atoms with Crippen molar-refractivity contribution >= 4 is 28.7 Å². The van der Waals surface area contributed by atoms with E-state index in [1.807, 2.05) is 30.3 Å². The van der Waals surface area contributed by atoms with Gasteiger partial charge in [-0.3, -0.25) is 4.79 Å². The number of aromatic nitrogens is 2. The van der Waals surface area contributed by atoms with E-state index in [4.69, 9.17) is 0 Å². The first kappa shape index (κ1) is 18.9. The first-order valence-electron chi connectivity index (χ1n) is 10.3. The predicted octanol–water partition coefficient (Wildman–Crippen LogP) is 5.05. The van der Waals surface area contributed by atoms with Crippen LogP contribution in [0.1, 0.15) is 34.7 Å². The van der Waals surface area contributed by atoms with Crippen LogP contribution < -0.4 is 5.32 Å². The molecule has 1 amide bonds. The molecule has 5 heteroatoms. The smallest absolute Gasteiger partial charge is 0.231 e. The van der Waals surface area contributed by atoms with Crippen LogP contribution in [0.25, 0.3) is 11.0 Å². The number of hydrogen-bond acceptors (Lipinski definition) is 3. The molecule has 1 heterocycles. The molecule has 2 N–H and O–H groups in total. The lowest BCUT2D eigenvalue weighted by molar-refractivity contribution is -0.119. The first-order valence-corrected chi connectivity index (χ1v) is 11.3. The predicted molar refractivity (Wildman–Crippen MR) is 122 cm³/mol. The minimum absolute atomic E-state index is 0.0269. The standard InChI is InChI=1S/C25H23N3OS/c29-24(15-30-21-11-9-17-7-4-8-19(17)13-21)28-25(18-5-2-1-3-6-18)20-10-12-22-23(14-20)27-16-26-22/h1-3,5-6,9-14,16,25H,4,7-8,15H2,(H,26,27)(H,28,29). The zero-order chi connectivity index (χ0) is 20.3. The highest BCUT2D eigenvalue weighted by molar-refractivity contribution is 8.00. The maximum Gasteiger partial charge on any atom is 0.231 e. The average molecular weight is 414 g/mol. The van der Waals surface area contributed by atoms with Gasteiger partial charge in [0, 0.05) is 4.90 Å². The third kappa shape index (κ3) is 3.98. The molecule has 4 aromatic rings. The fraction of sp³-hybridized carbons (Fsp3) is 0.200. The normalized spacial score (nSPS) is 13.9. The molecule has 1 unspecified atom stereocenters. The molecule has 5 rings (SSSR count). The molecule has 1 aliphatic carbocycles. The molecule has 0 saturated carbocycles. The summed E-state index contributed by atoms with van der Waals surface area (Å²) >= 11 is 1.60. The van der Waals surface area contributed by atoms with Crippen LogP contribution in [0, 0.1) is 0 Å². The first-order chi connectivity index (χ1) is 14.8. The second-order valence-corrected chi connectivity index (χ2v) is 8.71. The zero-order valence-corrected chi connectivity index (χ0v) is 17.4. The number of nitrogens with one attached hydrogen (secondary N) is 2. The number of aryl methyl sites for hydroxylation is 2. The van der Waals surface area contributed by atoms with Crippen LogP contribution in [0.4, 0.5) is 0 Å². The summed E-state index contributed by atoms with van der Waals surface area (Å²) in [5, 5.41) is 3.23. The van der Waals surface area contributed by atoms with E-state index < -0.39 is 0 Å². The van der Waals surface area contributed by atoms with Crippen molar-refractivity contribution in [2.45, 2.75) is 30.2 Å². The highest BCUT2D eigenvalue weighted by atomic mass is 32.2. The third-order valence-corrected chi connectivity index (χ3v) is 6.65. The van der Waals surface area contributed by atoms with Crippen LogP contribution in [-0.4, -0.2) is 21.6 Å². The molecule has 0 fully saturated rings. The van der Waals surface area contributed by atoms with Gasteiger partial charge in [0.2, 0.25) is 5.91 Å². The fourth-order valence-corrected chi connectivity index (χ4v) is 4.90. The number of aromatic amines is 1. The number of carbonyl (C=O) groups is 1. The van der Waals surface area contributed by atoms with Gasteiger partial charge in [-0.1, -0.05) is 42.5 Å². The Morgan fingerprint density at radius 2 is 1.87 bits per heavy atom. The van der Waals surface area contributed by atoms with Gasteiger partial charge in [0.05, 0.1) is 29.2 Å². The van der Waals surface area contributed by atoms with E-state index >= 15 is 0 Å². The third-order valence-electron chi connectivity index (χ3n) is 5.66. The van der Waals surface area contributed by atoms with Crippen LogP contribution in [0.3, 0.4) is 0 Å². The van der Waals surface area contributed by atoms with Crippen LogP contribution >= 0.6 is 11.8 Å². The summed E-state index contributed by atoms with van der Waals surface area (Å²) in [7, 11) is 0. The summed E-state index contributed by atoms with van der Waals surface area (Å²) in [4.78, 5) is 21.5. The van der Waals surface area contributed by atoms with Crippen molar-refractivity contribution in [3.8, 4) is 0 Å². The van der Waals surface area contributed by atoms with Crippen LogP contribution in [-0.2, 0) is 17.6 Å². The number of imidazole rings is 1. The molecule has 1 aliphatic rings. The molecule has 1 atom stereocenters. The Hall–Kier alpha value is -3.05. The second kappa shape index (κ2) is 8.36. The molecular formula is C25H23N3OS. The Morgan fingerprint density at radius 1 is 1.00 bits per heavy atom. The quantitative estimate of drug-likeness (QED) is 0.435. The van der Waals surface area contributed by atoms with Crippen molar-refractivity contribution < 1.29 is 4.79 Å². The molecule has 3 aromatic carbocycles. The molecule has 0 spiro atoms. The van der Waals surface area contributed by atoms with Gasteiger partial charge < -0.3 is 10.3 Å². The van der Waals surface area contributed by atoms with Crippen molar-refractivity contribution in [3.05, 3.63) is 95.3 Å². The van der Waals surface area contributed by atoms with Crippen molar-refractivity contribution in [1.82, 2.24) is 15.3 Å². The van der Waals surface area contributed by atoms with Gasteiger partial charge >= 0.3 is 0 Å². The lowest BCUT2D eigenvalue weighted by atomic mass is 9.98. The number of hydrogen-bond donors (Lipinski definition) is 2. The monoisotopic (exact) mass is 413 g/mol. The number of fused-ring (bicyclic) bond motifs is 2. The zero-order valence-electron chi connectivity index (χ0n) is 16.6. The van der Waals surface area contributed by atoms with Gasteiger partial charge in [0.15, 0.2) is 0 Å². The van der Waals surface area contributed by atoms with Crippen molar-refractivity contribution in [2.24, 2.45) is 0 Å². The van der Waals surface area contributed by atoms with E-state index in [1.54, 1.807) is 18.1 Å². The summed E-state index contributed by atoms with van der Waals surface area (Å²) in [6.45, 7) is 0. The minimum Gasteiger partial charge on any atom is -0.345 e. The van der Waals surface area contributed by atoms with E-state index in [2.05, 4.69) is 51.7 Å². The lowest BCUT2D eigenvalue weighted by Crippen LogP contribution is -2.30. The highest BCUT2D eigenvalue weighted by Gasteiger charge is 2.18. The Balaban J connectivity index is 1.33. The van der Waals surface area contributed by atoms with E-state index in [1.165, 1.54) is 28.9 Å². The topological polar surface area (TPSA) is 57.8 Å². The molecule has 1 aromatic heterocycles. The number of thioether (sulfide) groups is 1. The maximum absolute atomic E-state index is 12.9. The van der Waals surface area contributed by atoms with Crippen LogP contribution in [0.15, 0.2) is 78.0 Å². The fourth-order valence-electron chi connectivity index (χ4n) is 4.13. The number of nitrogens with zero attached hydrogens (tertiary/aromatic N) is 1. The summed E-state index contributed by atoms with van der Waals surface area (Å²) in [5.41, 5.74) is 6.89. The van der Waals surface area contributed by atoms with Gasteiger partial charge in [-0.2, -0.15) is 0 Å². The van der Waals surface area contributed by atoms with Crippen molar-refractivity contribution in [3.63, 3.8) is 0 Å². The molecule has 30 heavy (non-hydrogen) atoms. The molecule has 150 valence electrons. The van der Waals surface area contributed by atoms with Crippen molar-refractivity contribution in [2.75, 3.05) is 5.75 Å². The highest BCUT2D eigenvalue weighted by Crippen LogP contribution is 2.28. The van der Waals surface area contributed by atoms with Crippen molar-refractivity contribution in [1.29, 1.82) is 0 Å². The van der Waals surface area contributed by atoms with E-state index in [0.717, 1.165) is 28.6 Å². The van der Waals surface area contributed by atoms with Gasteiger partial charge in [0.25, 0.3) is 0 Å². The molecule has 0 aliphatic heterocycles. The SMILES string of the molecule is O=C(CSc1ccc2c(c1)CCC2)NC(c1ccccc1)c1ccc2nc[nH]c2c1. The molecule has 0 saturated heterocycles. The Labute approximate surface area is 180 Å². The van der Waals surface area contributed by atoms with Gasteiger partial charge in [-0.05, 0) is 65.8 Å². The molecule has 0 radical (unpaired) electrons. The van der Waals surface area contributed by atoms with E-state index in [0.29, 0.717) is 5.75 Å². The van der Waals surface area contributed by atoms with Gasteiger partial charge in [-0.15, -0.1) is 11.8 Å². The Kier molecular flexibility index (Phi) is 5.28. The Morgan fingerprint density at radius 3 is 2.77 bits per heavy atom. The van der Waals surface area contributed by atoms with E-state index in [9.17, 15) is 4.79 Å². The molecular weight excluding hydrogens is 390 g/mol. The lowest BCUT2D eigenvalue weighted by Gasteiger charge is -2.20. The Bertz CT molecular complexity index is 1190. The largest absolute Gasteiger partial charge is 0.345 e. The number of benzene rings is 3. The minimum atomic E-state index is -0.202. The van der Waals surface area contributed by atoms with Crippen LogP contribution in [0.2, 0.25) is 0 Å². The number of amides is 1. The number of rotatable bonds is 6. The van der Waals surface area contributed by atoms with Crippen LogP contribution in [0.5, 0.6) is 0 Å². The summed E-state index contributed by atoms with van der Waals surface area (Å²) in [6, 6.07) is 22.6. The summed E-state index contributed by atoms with van der Waals surface area (Å²) in [5.74, 6) is 0.424. The molecule has 0 bridgehead atoms. The number of H-pyrrole nitrogens is 1. The number of carbonyl (C=O) groups excluding carboxylic acids is 1. The van der Waals surface area contributed by atoms with E-state index in [-0.39, 0.29) is 11.9 Å². The summed E-state index contributed by atoms with van der Waals surface area (Å²) < 4.78 is 0. The molecule has 4 nitrogen and oxygen atoms in total. The van der Waals surface area contributed by atoms with Gasteiger partial charge in [-0.25, -0.2) is 4.98 Å². The maximum atomic E-state index is 12.9.